The van der Waals surface area contributed by atoms with Gasteiger partial charge in [-0.15, -0.1) is 0 Å². The second kappa shape index (κ2) is 5.39. The SMILES string of the molecule is Fc1ccccc1-c1cccc2c1OC(c1ccccc1F)O2. The molecule has 0 saturated carbocycles. The Morgan fingerprint density at radius 2 is 1.35 bits per heavy atom. The summed E-state index contributed by atoms with van der Waals surface area (Å²) in [5.41, 5.74) is 1.31. The van der Waals surface area contributed by atoms with Crippen LogP contribution in [0.15, 0.2) is 66.7 Å². The zero-order valence-corrected chi connectivity index (χ0v) is 12.0. The molecule has 3 aromatic carbocycles. The van der Waals surface area contributed by atoms with Crippen LogP contribution in [0.1, 0.15) is 11.9 Å². The van der Waals surface area contributed by atoms with Crippen molar-refractivity contribution in [2.24, 2.45) is 0 Å². The summed E-state index contributed by atoms with van der Waals surface area (Å²) in [6, 6.07) is 17.9. The van der Waals surface area contributed by atoms with Crippen LogP contribution in [-0.4, -0.2) is 0 Å². The molecule has 0 saturated heterocycles. The maximum absolute atomic E-state index is 14.1. The van der Waals surface area contributed by atoms with E-state index >= 15 is 0 Å². The van der Waals surface area contributed by atoms with E-state index in [4.69, 9.17) is 9.47 Å². The number of rotatable bonds is 2. The molecule has 0 aromatic heterocycles. The minimum atomic E-state index is -0.876. The fourth-order valence-corrected chi connectivity index (χ4v) is 2.66. The van der Waals surface area contributed by atoms with Crippen LogP contribution in [0.25, 0.3) is 11.1 Å². The van der Waals surface area contributed by atoms with Crippen LogP contribution in [0, 0.1) is 11.6 Å². The predicted molar refractivity (Wildman–Crippen MR) is 82.2 cm³/mol. The van der Waals surface area contributed by atoms with E-state index < -0.39 is 12.1 Å². The maximum atomic E-state index is 14.1. The number of ether oxygens (including phenoxy) is 2. The molecule has 1 heterocycles. The molecule has 0 fully saturated rings. The third-order valence-electron chi connectivity index (χ3n) is 3.76. The van der Waals surface area contributed by atoms with Crippen LogP contribution in [0.4, 0.5) is 8.78 Å². The van der Waals surface area contributed by atoms with Crippen molar-refractivity contribution in [3.63, 3.8) is 0 Å². The lowest BCUT2D eigenvalue weighted by Crippen LogP contribution is -2.10. The summed E-state index contributed by atoms with van der Waals surface area (Å²) in [6.07, 6.45) is -0.876. The highest BCUT2D eigenvalue weighted by molar-refractivity contribution is 5.75. The van der Waals surface area contributed by atoms with Crippen molar-refractivity contribution in [3.8, 4) is 22.6 Å². The summed E-state index contributed by atoms with van der Waals surface area (Å²) in [5, 5.41) is 0. The van der Waals surface area contributed by atoms with Crippen LogP contribution < -0.4 is 9.47 Å². The van der Waals surface area contributed by atoms with Crippen molar-refractivity contribution in [1.29, 1.82) is 0 Å². The van der Waals surface area contributed by atoms with Gasteiger partial charge in [0, 0.05) is 11.1 Å². The molecule has 23 heavy (non-hydrogen) atoms. The highest BCUT2D eigenvalue weighted by Crippen LogP contribution is 2.47. The van der Waals surface area contributed by atoms with Crippen LogP contribution in [-0.2, 0) is 0 Å². The molecule has 0 spiro atoms. The molecular weight excluding hydrogens is 298 g/mol. The summed E-state index contributed by atoms with van der Waals surface area (Å²) in [5.74, 6) is 0.140. The standard InChI is InChI=1S/C19H12F2O2/c20-15-9-3-1-6-12(15)13-8-5-11-17-18(13)23-19(22-17)14-7-2-4-10-16(14)21/h1-11,19H. The third-order valence-corrected chi connectivity index (χ3v) is 3.76. The van der Waals surface area contributed by atoms with E-state index in [1.54, 1.807) is 54.6 Å². The van der Waals surface area contributed by atoms with E-state index in [0.29, 0.717) is 28.2 Å². The fraction of sp³-hybridized carbons (Fsp3) is 0.0526. The normalized spacial score (nSPS) is 15.7. The van der Waals surface area contributed by atoms with E-state index in [2.05, 4.69) is 0 Å². The van der Waals surface area contributed by atoms with Gasteiger partial charge < -0.3 is 9.47 Å². The van der Waals surface area contributed by atoms with E-state index in [-0.39, 0.29) is 5.82 Å². The molecule has 0 N–H and O–H groups in total. The molecular formula is C19H12F2O2. The van der Waals surface area contributed by atoms with E-state index in [9.17, 15) is 8.78 Å². The summed E-state index contributed by atoms with van der Waals surface area (Å²) < 4.78 is 39.5. The topological polar surface area (TPSA) is 18.5 Å². The Bertz CT molecular complexity index is 877. The van der Waals surface area contributed by atoms with Gasteiger partial charge in [0.2, 0.25) is 0 Å². The molecule has 0 radical (unpaired) electrons. The molecule has 1 aliphatic rings. The minimum Gasteiger partial charge on any atom is -0.447 e. The molecule has 0 bridgehead atoms. The zero-order valence-electron chi connectivity index (χ0n) is 12.0. The van der Waals surface area contributed by atoms with Crippen LogP contribution in [0.5, 0.6) is 11.5 Å². The number of hydrogen-bond acceptors (Lipinski definition) is 2. The van der Waals surface area contributed by atoms with Gasteiger partial charge in [-0.25, -0.2) is 8.78 Å². The second-order valence-electron chi connectivity index (χ2n) is 5.20. The van der Waals surface area contributed by atoms with Gasteiger partial charge in [0.25, 0.3) is 6.29 Å². The minimum absolute atomic E-state index is 0.309. The van der Waals surface area contributed by atoms with Gasteiger partial charge in [0.15, 0.2) is 11.5 Å². The lowest BCUT2D eigenvalue weighted by atomic mass is 10.0. The largest absolute Gasteiger partial charge is 0.447 e. The molecule has 0 aliphatic carbocycles. The monoisotopic (exact) mass is 310 g/mol. The van der Waals surface area contributed by atoms with Crippen LogP contribution >= 0.6 is 0 Å². The number of hydrogen-bond donors (Lipinski definition) is 0. The van der Waals surface area contributed by atoms with Crippen molar-refractivity contribution in [1.82, 2.24) is 0 Å². The van der Waals surface area contributed by atoms with Gasteiger partial charge >= 0.3 is 0 Å². The van der Waals surface area contributed by atoms with E-state index in [1.165, 1.54) is 12.1 Å². The number of halogens is 2. The maximum Gasteiger partial charge on any atom is 0.270 e. The van der Waals surface area contributed by atoms with Gasteiger partial charge in [-0.1, -0.05) is 42.5 Å². The van der Waals surface area contributed by atoms with Gasteiger partial charge in [-0.05, 0) is 24.3 Å². The molecule has 2 nitrogen and oxygen atoms in total. The smallest absolute Gasteiger partial charge is 0.270 e. The van der Waals surface area contributed by atoms with Gasteiger partial charge in [-0.3, -0.25) is 0 Å². The first-order chi connectivity index (χ1) is 11.2. The van der Waals surface area contributed by atoms with Gasteiger partial charge in [0.1, 0.15) is 11.6 Å². The van der Waals surface area contributed by atoms with Gasteiger partial charge in [-0.2, -0.15) is 0 Å². The number of benzene rings is 3. The van der Waals surface area contributed by atoms with Crippen molar-refractivity contribution in [2.45, 2.75) is 6.29 Å². The van der Waals surface area contributed by atoms with Crippen molar-refractivity contribution in [2.75, 3.05) is 0 Å². The third kappa shape index (κ3) is 2.32. The van der Waals surface area contributed by atoms with Crippen molar-refractivity contribution < 1.29 is 18.3 Å². The van der Waals surface area contributed by atoms with Crippen LogP contribution in [0.2, 0.25) is 0 Å². The highest BCUT2D eigenvalue weighted by atomic mass is 19.1. The lowest BCUT2D eigenvalue weighted by molar-refractivity contribution is 0.0457. The summed E-state index contributed by atoms with van der Waals surface area (Å²) in [4.78, 5) is 0. The Morgan fingerprint density at radius 1 is 0.652 bits per heavy atom. The molecule has 4 rings (SSSR count). The second-order valence-corrected chi connectivity index (χ2v) is 5.20. The van der Waals surface area contributed by atoms with Crippen LogP contribution in [0.3, 0.4) is 0 Å². The molecule has 3 aromatic rings. The molecule has 0 amide bonds. The molecule has 4 heteroatoms. The predicted octanol–water partition coefficient (Wildman–Crippen LogP) is 5.10. The lowest BCUT2D eigenvalue weighted by Gasteiger charge is -2.11. The Hall–Kier alpha value is -2.88. The quantitative estimate of drug-likeness (QED) is 0.655. The van der Waals surface area contributed by atoms with E-state index in [0.717, 1.165) is 0 Å². The Labute approximate surface area is 131 Å². The first kappa shape index (κ1) is 13.8. The average molecular weight is 310 g/mol. The molecule has 1 atom stereocenters. The van der Waals surface area contributed by atoms with Crippen molar-refractivity contribution >= 4 is 0 Å². The Morgan fingerprint density at radius 3 is 2.13 bits per heavy atom. The van der Waals surface area contributed by atoms with Gasteiger partial charge in [0.05, 0.1) is 5.56 Å². The number of fused-ring (bicyclic) bond motifs is 1. The Balaban J connectivity index is 1.77. The first-order valence-corrected chi connectivity index (χ1v) is 7.20. The fourth-order valence-electron chi connectivity index (χ4n) is 2.66. The van der Waals surface area contributed by atoms with E-state index in [1.807, 2.05) is 0 Å². The zero-order chi connectivity index (χ0) is 15.8. The molecule has 1 aliphatic heterocycles. The number of para-hydroxylation sites is 1. The Kier molecular flexibility index (Phi) is 3.23. The summed E-state index contributed by atoms with van der Waals surface area (Å²) >= 11 is 0. The summed E-state index contributed by atoms with van der Waals surface area (Å²) in [7, 11) is 0. The molecule has 114 valence electrons. The van der Waals surface area contributed by atoms with Crippen molar-refractivity contribution in [3.05, 3.63) is 83.9 Å². The first-order valence-electron chi connectivity index (χ1n) is 7.20. The summed E-state index contributed by atoms with van der Waals surface area (Å²) in [6.45, 7) is 0. The average Bonchev–Trinajstić information content (AvgIpc) is 3.00. The highest BCUT2D eigenvalue weighted by Gasteiger charge is 2.30. The molecule has 1 unspecified atom stereocenters.